The number of amides is 1. The number of nitrogens with one attached hydrogen (secondary N) is 1. The van der Waals surface area contributed by atoms with Crippen molar-refractivity contribution >= 4 is 34.2 Å². The molecule has 1 N–H and O–H groups in total. The van der Waals surface area contributed by atoms with Gasteiger partial charge >= 0.3 is 0 Å². The van der Waals surface area contributed by atoms with Crippen LogP contribution in [0.2, 0.25) is 0 Å². The van der Waals surface area contributed by atoms with Gasteiger partial charge in [0.15, 0.2) is 0 Å². The Morgan fingerprint density at radius 1 is 1.58 bits per heavy atom. The van der Waals surface area contributed by atoms with Crippen molar-refractivity contribution in [1.82, 2.24) is 10.2 Å². The second-order valence-corrected chi connectivity index (χ2v) is 5.42. The van der Waals surface area contributed by atoms with Crippen LogP contribution in [0.1, 0.15) is 12.5 Å². The van der Waals surface area contributed by atoms with E-state index in [1.165, 1.54) is 6.07 Å². The predicted molar refractivity (Wildman–Crippen MR) is 79.1 cm³/mol. The van der Waals surface area contributed by atoms with Gasteiger partial charge in [-0.3, -0.25) is 4.79 Å². The van der Waals surface area contributed by atoms with Crippen LogP contribution in [0.3, 0.4) is 0 Å². The van der Waals surface area contributed by atoms with E-state index in [-0.39, 0.29) is 30.2 Å². The molecule has 0 unspecified atom stereocenters. The first-order chi connectivity index (χ1) is 8.58. The van der Waals surface area contributed by atoms with Crippen LogP contribution < -0.4 is 5.32 Å². The highest BCUT2D eigenvalue weighted by Gasteiger charge is 2.22. The molecule has 0 spiro atoms. The number of rotatable bonds is 2. The maximum Gasteiger partial charge on any atom is 0.227 e. The summed E-state index contributed by atoms with van der Waals surface area (Å²) in [6.07, 6.45) is 0.323. The van der Waals surface area contributed by atoms with Crippen LogP contribution in [-0.2, 0) is 11.2 Å². The van der Waals surface area contributed by atoms with Gasteiger partial charge in [0, 0.05) is 25.7 Å². The van der Waals surface area contributed by atoms with E-state index in [0.29, 0.717) is 10.9 Å². The smallest absolute Gasteiger partial charge is 0.227 e. The summed E-state index contributed by atoms with van der Waals surface area (Å²) in [5.41, 5.74) is 0.832. The molecule has 1 aromatic rings. The quantitative estimate of drug-likeness (QED) is 0.887. The molecule has 2 rings (SSSR count). The highest BCUT2D eigenvalue weighted by Crippen LogP contribution is 2.18. The van der Waals surface area contributed by atoms with E-state index in [2.05, 4.69) is 21.2 Å². The van der Waals surface area contributed by atoms with E-state index in [1.807, 2.05) is 11.8 Å². The largest absolute Gasteiger partial charge is 0.337 e. The second-order valence-electron chi connectivity index (χ2n) is 4.57. The first-order valence-electron chi connectivity index (χ1n) is 6.02. The highest BCUT2D eigenvalue weighted by atomic mass is 79.9. The van der Waals surface area contributed by atoms with Crippen molar-refractivity contribution in [1.29, 1.82) is 0 Å². The molecule has 1 aliphatic heterocycles. The number of nitrogens with zero attached hydrogens (tertiary/aromatic N) is 1. The number of hydrogen-bond acceptors (Lipinski definition) is 2. The van der Waals surface area contributed by atoms with Crippen LogP contribution in [0.5, 0.6) is 0 Å². The molecule has 19 heavy (non-hydrogen) atoms. The molecule has 6 heteroatoms. The summed E-state index contributed by atoms with van der Waals surface area (Å²) in [5.74, 6) is -0.204. The molecular formula is C13H17BrClFN2O. The first-order valence-corrected chi connectivity index (χ1v) is 6.81. The fourth-order valence-electron chi connectivity index (χ4n) is 2.14. The molecule has 0 aliphatic carbocycles. The van der Waals surface area contributed by atoms with E-state index in [9.17, 15) is 9.18 Å². The molecule has 1 aromatic carbocycles. The summed E-state index contributed by atoms with van der Waals surface area (Å²) < 4.78 is 13.5. The molecule has 1 heterocycles. The van der Waals surface area contributed by atoms with Gasteiger partial charge in [-0.1, -0.05) is 6.07 Å². The van der Waals surface area contributed by atoms with Crippen molar-refractivity contribution in [3.8, 4) is 0 Å². The van der Waals surface area contributed by atoms with Gasteiger partial charge in [-0.15, -0.1) is 12.4 Å². The van der Waals surface area contributed by atoms with Crippen molar-refractivity contribution in [3.63, 3.8) is 0 Å². The summed E-state index contributed by atoms with van der Waals surface area (Å²) in [6.45, 7) is 4.44. The van der Waals surface area contributed by atoms with E-state index in [1.54, 1.807) is 12.1 Å². The Morgan fingerprint density at radius 2 is 2.32 bits per heavy atom. The van der Waals surface area contributed by atoms with Gasteiger partial charge in [0.1, 0.15) is 5.82 Å². The lowest BCUT2D eigenvalue weighted by Crippen LogP contribution is -2.52. The third-order valence-electron chi connectivity index (χ3n) is 3.16. The molecular weight excluding hydrogens is 335 g/mol. The predicted octanol–water partition coefficient (Wildman–Crippen LogP) is 2.37. The Morgan fingerprint density at radius 3 is 2.95 bits per heavy atom. The van der Waals surface area contributed by atoms with E-state index in [0.717, 1.165) is 25.2 Å². The Balaban J connectivity index is 0.00000180. The van der Waals surface area contributed by atoms with Crippen molar-refractivity contribution in [2.45, 2.75) is 19.4 Å². The van der Waals surface area contributed by atoms with Gasteiger partial charge in [-0.05, 0) is 40.5 Å². The van der Waals surface area contributed by atoms with Crippen molar-refractivity contribution in [2.24, 2.45) is 0 Å². The summed E-state index contributed by atoms with van der Waals surface area (Å²) in [6, 6.07) is 4.92. The van der Waals surface area contributed by atoms with Crippen molar-refractivity contribution < 1.29 is 9.18 Å². The molecule has 0 saturated carbocycles. The lowest BCUT2D eigenvalue weighted by Gasteiger charge is -2.34. The minimum absolute atomic E-state index is 0. The Kier molecular flexibility index (Phi) is 6.23. The van der Waals surface area contributed by atoms with E-state index < -0.39 is 0 Å². The molecule has 1 saturated heterocycles. The van der Waals surface area contributed by atoms with Gasteiger partial charge in [0.25, 0.3) is 0 Å². The standard InChI is InChI=1S/C13H16BrFN2O.ClH/c1-9-8-16-4-5-17(9)13(18)7-10-2-3-12(15)11(14)6-10;/h2-3,6,9,16H,4-5,7-8H2,1H3;1H/t9-;/m1./s1. The molecule has 0 radical (unpaired) electrons. The number of halogens is 3. The summed E-state index contributed by atoms with van der Waals surface area (Å²) in [5, 5.41) is 3.25. The van der Waals surface area contributed by atoms with Crippen LogP contribution in [-0.4, -0.2) is 36.5 Å². The number of carbonyl (C=O) groups is 1. The highest BCUT2D eigenvalue weighted by molar-refractivity contribution is 9.10. The summed E-state index contributed by atoms with van der Waals surface area (Å²) >= 11 is 3.13. The normalized spacial score (nSPS) is 18.9. The third kappa shape index (κ3) is 4.16. The zero-order chi connectivity index (χ0) is 13.1. The molecule has 1 atom stereocenters. The van der Waals surface area contributed by atoms with Gasteiger partial charge < -0.3 is 10.2 Å². The van der Waals surface area contributed by atoms with Crippen LogP contribution in [0.4, 0.5) is 4.39 Å². The fraction of sp³-hybridized carbons (Fsp3) is 0.462. The SMILES string of the molecule is C[C@@H]1CNCCN1C(=O)Cc1ccc(F)c(Br)c1.Cl. The number of piperazine rings is 1. The van der Waals surface area contributed by atoms with Gasteiger partial charge in [-0.25, -0.2) is 4.39 Å². The second kappa shape index (κ2) is 7.22. The third-order valence-corrected chi connectivity index (χ3v) is 3.77. The van der Waals surface area contributed by atoms with Gasteiger partial charge in [0.2, 0.25) is 5.91 Å². The number of benzene rings is 1. The first kappa shape index (κ1) is 16.4. The zero-order valence-electron chi connectivity index (χ0n) is 10.7. The Labute approximate surface area is 127 Å². The lowest BCUT2D eigenvalue weighted by molar-refractivity contribution is -0.133. The van der Waals surface area contributed by atoms with Crippen LogP contribution in [0.15, 0.2) is 22.7 Å². The molecule has 1 fully saturated rings. The molecule has 0 aromatic heterocycles. The topological polar surface area (TPSA) is 32.3 Å². The molecule has 0 bridgehead atoms. The van der Waals surface area contributed by atoms with Crippen LogP contribution in [0.25, 0.3) is 0 Å². The fourth-order valence-corrected chi connectivity index (χ4v) is 2.56. The van der Waals surface area contributed by atoms with Gasteiger partial charge in [0.05, 0.1) is 10.9 Å². The lowest BCUT2D eigenvalue weighted by atomic mass is 10.1. The molecule has 3 nitrogen and oxygen atoms in total. The van der Waals surface area contributed by atoms with Crippen LogP contribution in [0, 0.1) is 5.82 Å². The number of carbonyl (C=O) groups excluding carboxylic acids is 1. The molecule has 1 amide bonds. The molecule has 1 aliphatic rings. The average Bonchev–Trinajstić information content (AvgIpc) is 2.34. The Hall–Kier alpha value is -0.650. The van der Waals surface area contributed by atoms with E-state index in [4.69, 9.17) is 0 Å². The monoisotopic (exact) mass is 350 g/mol. The average molecular weight is 352 g/mol. The van der Waals surface area contributed by atoms with E-state index >= 15 is 0 Å². The number of hydrogen-bond donors (Lipinski definition) is 1. The zero-order valence-corrected chi connectivity index (χ0v) is 13.1. The summed E-state index contributed by atoms with van der Waals surface area (Å²) in [4.78, 5) is 14.0. The Bertz CT molecular complexity index is 458. The molecule has 106 valence electrons. The maximum absolute atomic E-state index is 13.1. The minimum atomic E-state index is -0.304. The minimum Gasteiger partial charge on any atom is -0.337 e. The summed E-state index contributed by atoms with van der Waals surface area (Å²) in [7, 11) is 0. The van der Waals surface area contributed by atoms with Gasteiger partial charge in [-0.2, -0.15) is 0 Å². The van der Waals surface area contributed by atoms with Crippen molar-refractivity contribution in [3.05, 3.63) is 34.1 Å². The maximum atomic E-state index is 13.1. The van der Waals surface area contributed by atoms with Crippen LogP contribution >= 0.6 is 28.3 Å². The van der Waals surface area contributed by atoms with Crippen molar-refractivity contribution in [2.75, 3.05) is 19.6 Å².